The molecular formula is C24H21ClN4O6. The highest BCUT2D eigenvalue weighted by Crippen LogP contribution is 2.54. The van der Waals surface area contributed by atoms with Crippen LogP contribution in [-0.4, -0.2) is 42.2 Å². The summed E-state index contributed by atoms with van der Waals surface area (Å²) in [6, 6.07) is 9.77. The first-order chi connectivity index (χ1) is 16.7. The SMILES string of the molecule is CCOC(=O)c1ccc(N2C(=O)[C@@H]3[C@@H](C2=O)[C@@]2(N[C@@H]3CC(N)=O)C(=O)Nc3ccc(Cl)cc32)cc1. The first-order valence-electron chi connectivity index (χ1n) is 11.0. The van der Waals surface area contributed by atoms with Crippen molar-refractivity contribution >= 4 is 52.6 Å². The van der Waals surface area contributed by atoms with Crippen LogP contribution >= 0.6 is 11.6 Å². The van der Waals surface area contributed by atoms with Gasteiger partial charge in [-0.15, -0.1) is 0 Å². The second-order valence-corrected chi connectivity index (χ2v) is 9.09. The van der Waals surface area contributed by atoms with E-state index in [9.17, 15) is 24.0 Å². The van der Waals surface area contributed by atoms with Gasteiger partial charge in [-0.2, -0.15) is 0 Å². The number of nitrogens with two attached hydrogens (primary N) is 1. The average molecular weight is 497 g/mol. The number of carbonyl (C=O) groups excluding carboxylic acids is 5. The summed E-state index contributed by atoms with van der Waals surface area (Å²) in [5.41, 5.74) is 5.22. The Hall–Kier alpha value is -3.76. The molecular weight excluding hydrogens is 476 g/mol. The summed E-state index contributed by atoms with van der Waals surface area (Å²) in [4.78, 5) is 65.6. The summed E-state index contributed by atoms with van der Waals surface area (Å²) in [6.45, 7) is 1.89. The summed E-state index contributed by atoms with van der Waals surface area (Å²) in [5.74, 6) is -5.05. The van der Waals surface area contributed by atoms with Gasteiger partial charge in [0.15, 0.2) is 0 Å². The number of halogens is 1. The Kier molecular flexibility index (Phi) is 5.37. The predicted octanol–water partition coefficient (Wildman–Crippen LogP) is 1.32. The smallest absolute Gasteiger partial charge is 0.338 e. The number of esters is 1. The Labute approximate surface area is 204 Å². The minimum absolute atomic E-state index is 0.205. The third kappa shape index (κ3) is 3.32. The number of nitrogens with zero attached hydrogens (tertiary/aromatic N) is 1. The molecule has 4 amide bonds. The van der Waals surface area contributed by atoms with E-state index in [0.717, 1.165) is 4.90 Å². The molecule has 0 aliphatic carbocycles. The summed E-state index contributed by atoms with van der Waals surface area (Å²) in [7, 11) is 0. The van der Waals surface area contributed by atoms with Gasteiger partial charge in [-0.3, -0.25) is 24.5 Å². The van der Waals surface area contributed by atoms with E-state index in [0.29, 0.717) is 16.3 Å². The molecule has 0 unspecified atom stereocenters. The maximum atomic E-state index is 13.8. The molecule has 2 fully saturated rings. The first kappa shape index (κ1) is 23.0. The van der Waals surface area contributed by atoms with Gasteiger partial charge in [-0.25, -0.2) is 9.69 Å². The van der Waals surface area contributed by atoms with Gasteiger partial charge in [0.1, 0.15) is 5.54 Å². The second kappa shape index (κ2) is 8.17. The van der Waals surface area contributed by atoms with Gasteiger partial charge in [-0.1, -0.05) is 11.6 Å². The lowest BCUT2D eigenvalue weighted by atomic mass is 9.76. The van der Waals surface area contributed by atoms with Crippen molar-refractivity contribution in [1.29, 1.82) is 0 Å². The van der Waals surface area contributed by atoms with Gasteiger partial charge < -0.3 is 15.8 Å². The topological polar surface area (TPSA) is 148 Å². The summed E-state index contributed by atoms with van der Waals surface area (Å²) < 4.78 is 4.97. The van der Waals surface area contributed by atoms with Gasteiger partial charge in [0.2, 0.25) is 23.6 Å². The number of imide groups is 1. The second-order valence-electron chi connectivity index (χ2n) is 8.66. The molecule has 2 saturated heterocycles. The van der Waals surface area contributed by atoms with Crippen molar-refractivity contribution in [2.24, 2.45) is 17.6 Å². The number of hydrogen-bond acceptors (Lipinski definition) is 7. The Morgan fingerprint density at radius 3 is 2.49 bits per heavy atom. The number of amides is 4. The largest absolute Gasteiger partial charge is 0.462 e. The molecule has 0 radical (unpaired) electrons. The molecule has 35 heavy (non-hydrogen) atoms. The predicted molar refractivity (Wildman–Crippen MR) is 124 cm³/mol. The lowest BCUT2D eigenvalue weighted by Gasteiger charge is -2.29. The van der Waals surface area contributed by atoms with Crippen LogP contribution in [0, 0.1) is 11.8 Å². The average Bonchev–Trinajstić information content (AvgIpc) is 3.38. The Morgan fingerprint density at radius 2 is 1.83 bits per heavy atom. The normalized spacial score (nSPS) is 26.6. The molecule has 0 saturated carbocycles. The molecule has 3 aliphatic rings. The molecule has 2 aromatic rings. The Balaban J connectivity index is 1.59. The number of hydrogen-bond donors (Lipinski definition) is 3. The van der Waals surface area contributed by atoms with Crippen LogP contribution < -0.4 is 21.3 Å². The number of benzene rings is 2. The summed E-state index contributed by atoms with van der Waals surface area (Å²) in [5, 5.41) is 6.21. The molecule has 2 aromatic carbocycles. The molecule has 180 valence electrons. The molecule has 1 spiro atoms. The molecule has 0 bridgehead atoms. The van der Waals surface area contributed by atoms with E-state index in [1.807, 2.05) is 0 Å². The highest BCUT2D eigenvalue weighted by molar-refractivity contribution is 6.31. The van der Waals surface area contributed by atoms with Gasteiger partial charge in [-0.05, 0) is 49.4 Å². The number of primary amides is 1. The standard InChI is InChI=1S/C24H21ClN4O6/c1-2-35-22(33)11-3-6-13(7-4-11)29-20(31)18-16(10-17(26)30)28-24(19(18)21(29)32)14-9-12(25)5-8-15(14)27-23(24)34/h3-9,16,18-19,28H,2,10H2,1H3,(H2,26,30)(H,27,34)/t16-,18+,19+,24-/m1/s1. The molecule has 11 heteroatoms. The first-order valence-corrected chi connectivity index (χ1v) is 11.4. The Bertz CT molecular complexity index is 1300. The van der Waals surface area contributed by atoms with Crippen molar-refractivity contribution in [2.45, 2.75) is 24.9 Å². The van der Waals surface area contributed by atoms with Crippen molar-refractivity contribution in [1.82, 2.24) is 5.32 Å². The number of carbonyl (C=O) groups is 5. The highest BCUT2D eigenvalue weighted by Gasteiger charge is 2.70. The van der Waals surface area contributed by atoms with Crippen LogP contribution in [0.25, 0.3) is 0 Å². The lowest BCUT2D eigenvalue weighted by molar-refractivity contribution is -0.130. The fraction of sp³-hybridized carbons (Fsp3) is 0.292. The number of fused-ring (bicyclic) bond motifs is 4. The molecule has 3 heterocycles. The van der Waals surface area contributed by atoms with Crippen molar-refractivity contribution in [3.63, 3.8) is 0 Å². The molecule has 10 nitrogen and oxygen atoms in total. The summed E-state index contributed by atoms with van der Waals surface area (Å²) in [6.07, 6.45) is -0.249. The minimum atomic E-state index is -1.60. The molecule has 0 aromatic heterocycles. The van der Waals surface area contributed by atoms with Crippen molar-refractivity contribution in [3.8, 4) is 0 Å². The van der Waals surface area contributed by atoms with E-state index in [4.69, 9.17) is 22.1 Å². The maximum absolute atomic E-state index is 13.8. The zero-order valence-corrected chi connectivity index (χ0v) is 19.3. The monoisotopic (exact) mass is 496 g/mol. The van der Waals surface area contributed by atoms with Gasteiger partial charge in [0.25, 0.3) is 0 Å². The zero-order valence-electron chi connectivity index (χ0n) is 18.5. The van der Waals surface area contributed by atoms with Gasteiger partial charge in [0.05, 0.1) is 29.7 Å². The molecule has 5 rings (SSSR count). The lowest BCUT2D eigenvalue weighted by Crippen LogP contribution is -2.53. The van der Waals surface area contributed by atoms with Crippen molar-refractivity contribution in [2.75, 3.05) is 16.8 Å². The van der Waals surface area contributed by atoms with Crippen LogP contribution in [0.2, 0.25) is 5.02 Å². The van der Waals surface area contributed by atoms with Crippen LogP contribution in [0.5, 0.6) is 0 Å². The fourth-order valence-electron chi connectivity index (χ4n) is 5.38. The van der Waals surface area contributed by atoms with Crippen LogP contribution in [0.1, 0.15) is 29.3 Å². The van der Waals surface area contributed by atoms with Crippen LogP contribution in [0.3, 0.4) is 0 Å². The van der Waals surface area contributed by atoms with Crippen molar-refractivity contribution in [3.05, 3.63) is 58.6 Å². The number of rotatable bonds is 5. The Morgan fingerprint density at radius 1 is 1.11 bits per heavy atom. The van der Waals surface area contributed by atoms with E-state index < -0.39 is 53.0 Å². The molecule has 3 aliphatic heterocycles. The third-order valence-corrected chi connectivity index (χ3v) is 6.97. The van der Waals surface area contributed by atoms with E-state index in [-0.39, 0.29) is 24.3 Å². The zero-order chi connectivity index (χ0) is 25.1. The van der Waals surface area contributed by atoms with E-state index in [2.05, 4.69) is 10.6 Å². The van der Waals surface area contributed by atoms with Crippen LogP contribution in [0.4, 0.5) is 11.4 Å². The van der Waals surface area contributed by atoms with Gasteiger partial charge >= 0.3 is 5.97 Å². The number of ether oxygens (including phenoxy) is 1. The molecule has 4 atom stereocenters. The quantitative estimate of drug-likeness (QED) is 0.417. The van der Waals surface area contributed by atoms with E-state index in [1.54, 1.807) is 25.1 Å². The fourth-order valence-corrected chi connectivity index (χ4v) is 5.55. The van der Waals surface area contributed by atoms with E-state index >= 15 is 0 Å². The van der Waals surface area contributed by atoms with Crippen LogP contribution in [-0.2, 0) is 29.5 Å². The highest BCUT2D eigenvalue weighted by atomic mass is 35.5. The van der Waals surface area contributed by atoms with Crippen LogP contribution in [0.15, 0.2) is 42.5 Å². The van der Waals surface area contributed by atoms with Crippen molar-refractivity contribution < 1.29 is 28.7 Å². The van der Waals surface area contributed by atoms with E-state index in [1.165, 1.54) is 24.3 Å². The number of anilines is 2. The van der Waals surface area contributed by atoms with Gasteiger partial charge in [0, 0.05) is 28.7 Å². The minimum Gasteiger partial charge on any atom is -0.462 e. The third-order valence-electron chi connectivity index (χ3n) is 6.73. The maximum Gasteiger partial charge on any atom is 0.338 e. The molecule has 4 N–H and O–H groups in total. The number of nitrogens with one attached hydrogen (secondary N) is 2. The summed E-state index contributed by atoms with van der Waals surface area (Å²) >= 11 is 6.21.